The van der Waals surface area contributed by atoms with Gasteiger partial charge in [-0.2, -0.15) is 0 Å². The number of carbonyl (C=O) groups excluding carboxylic acids is 1. The number of aliphatic carboxylic acids is 1. The van der Waals surface area contributed by atoms with Crippen LogP contribution in [0.4, 0.5) is 4.79 Å². The number of ether oxygens (including phenoxy) is 1. The Morgan fingerprint density at radius 1 is 1.35 bits per heavy atom. The van der Waals surface area contributed by atoms with Gasteiger partial charge >= 0.3 is 12.1 Å². The number of alkyl carbamates (subject to hydrolysis) is 1. The molecule has 17 heavy (non-hydrogen) atoms. The maximum absolute atomic E-state index is 11.4. The highest BCUT2D eigenvalue weighted by atomic mass is 16.6. The van der Waals surface area contributed by atoms with E-state index in [9.17, 15) is 9.59 Å². The van der Waals surface area contributed by atoms with Gasteiger partial charge in [-0.15, -0.1) is 0 Å². The van der Waals surface area contributed by atoms with Crippen molar-refractivity contribution in [2.75, 3.05) is 0 Å². The maximum Gasteiger partial charge on any atom is 0.412 e. The summed E-state index contributed by atoms with van der Waals surface area (Å²) in [4.78, 5) is 22.3. The van der Waals surface area contributed by atoms with Crippen LogP contribution < -0.4 is 5.32 Å². The lowest BCUT2D eigenvalue weighted by Crippen LogP contribution is -2.34. The number of hydrogen-bond donors (Lipinski definition) is 2. The second-order valence-electron chi connectivity index (χ2n) is 5.18. The van der Waals surface area contributed by atoms with Crippen LogP contribution in [0.15, 0.2) is 11.8 Å². The lowest BCUT2D eigenvalue weighted by molar-refractivity contribution is -0.133. The van der Waals surface area contributed by atoms with Gasteiger partial charge in [-0.05, 0) is 33.1 Å². The molecule has 0 aliphatic rings. The summed E-state index contributed by atoms with van der Waals surface area (Å²) in [7, 11) is 0. The second-order valence-corrected chi connectivity index (χ2v) is 5.18. The summed E-state index contributed by atoms with van der Waals surface area (Å²) in [6, 6.07) is 0. The van der Waals surface area contributed by atoms with E-state index in [1.165, 1.54) is 6.08 Å². The van der Waals surface area contributed by atoms with Gasteiger partial charge in [0, 0.05) is 0 Å². The molecule has 0 aromatic rings. The fraction of sp³-hybridized carbons (Fsp3) is 0.667. The molecule has 0 aromatic carbocycles. The molecule has 0 bridgehead atoms. The summed E-state index contributed by atoms with van der Waals surface area (Å²) < 4.78 is 4.97. The Morgan fingerprint density at radius 3 is 2.24 bits per heavy atom. The van der Waals surface area contributed by atoms with Crippen molar-refractivity contribution in [2.45, 2.75) is 46.6 Å². The standard InChI is InChI=1S/C12H21NO4/c1-8(2)6-7-9(10(14)15)13-11(16)17-12(3,4)5/h7-8H,6H2,1-5H3,(H,13,16)(H,14,15). The average molecular weight is 243 g/mol. The van der Waals surface area contributed by atoms with Gasteiger partial charge in [-0.25, -0.2) is 9.59 Å². The third-order valence-corrected chi connectivity index (χ3v) is 1.66. The van der Waals surface area contributed by atoms with E-state index in [1.54, 1.807) is 20.8 Å². The van der Waals surface area contributed by atoms with Crippen molar-refractivity contribution in [3.8, 4) is 0 Å². The normalized spacial score (nSPS) is 12.5. The Balaban J connectivity index is 4.51. The first-order valence-corrected chi connectivity index (χ1v) is 5.55. The topological polar surface area (TPSA) is 75.6 Å². The molecule has 0 aliphatic carbocycles. The van der Waals surface area contributed by atoms with Crippen molar-refractivity contribution in [1.29, 1.82) is 0 Å². The molecular formula is C12H21NO4. The molecule has 5 heteroatoms. The summed E-state index contributed by atoms with van der Waals surface area (Å²) in [5.74, 6) is -0.846. The summed E-state index contributed by atoms with van der Waals surface area (Å²) in [6.45, 7) is 9.06. The molecule has 0 aromatic heterocycles. The summed E-state index contributed by atoms with van der Waals surface area (Å²) in [5.41, 5.74) is -0.792. The van der Waals surface area contributed by atoms with Gasteiger partial charge in [-0.1, -0.05) is 19.9 Å². The Bertz CT molecular complexity index is 313. The molecule has 98 valence electrons. The highest BCUT2D eigenvalue weighted by Crippen LogP contribution is 2.08. The van der Waals surface area contributed by atoms with Crippen LogP contribution in [-0.2, 0) is 9.53 Å². The molecule has 0 radical (unpaired) electrons. The van der Waals surface area contributed by atoms with Gasteiger partial charge in [0.1, 0.15) is 11.3 Å². The molecule has 0 aliphatic heterocycles. The zero-order chi connectivity index (χ0) is 13.6. The fourth-order valence-corrected chi connectivity index (χ4v) is 0.959. The minimum Gasteiger partial charge on any atom is -0.477 e. The van der Waals surface area contributed by atoms with E-state index < -0.39 is 17.7 Å². The molecule has 0 saturated carbocycles. The Kier molecular flexibility index (Phi) is 5.71. The smallest absolute Gasteiger partial charge is 0.412 e. The highest BCUT2D eigenvalue weighted by molar-refractivity contribution is 5.90. The molecule has 2 N–H and O–H groups in total. The van der Waals surface area contributed by atoms with Crippen molar-refractivity contribution < 1.29 is 19.4 Å². The van der Waals surface area contributed by atoms with Gasteiger partial charge in [-0.3, -0.25) is 5.32 Å². The molecule has 0 rings (SSSR count). The number of carboxylic acids is 1. The van der Waals surface area contributed by atoms with Crippen molar-refractivity contribution in [3.63, 3.8) is 0 Å². The number of rotatable bonds is 4. The van der Waals surface area contributed by atoms with Crippen molar-refractivity contribution in [3.05, 3.63) is 11.8 Å². The number of amides is 1. The second kappa shape index (κ2) is 6.27. The molecule has 5 nitrogen and oxygen atoms in total. The van der Waals surface area contributed by atoms with Crippen LogP contribution in [0.5, 0.6) is 0 Å². The van der Waals surface area contributed by atoms with Gasteiger partial charge in [0.05, 0.1) is 0 Å². The minimum absolute atomic E-state index is 0.145. The average Bonchev–Trinajstić information content (AvgIpc) is 2.08. The number of allylic oxidation sites excluding steroid dienone is 1. The zero-order valence-corrected chi connectivity index (χ0v) is 11.0. The first-order valence-electron chi connectivity index (χ1n) is 5.55. The Hall–Kier alpha value is -1.52. The van der Waals surface area contributed by atoms with Crippen LogP contribution in [0.3, 0.4) is 0 Å². The third-order valence-electron chi connectivity index (χ3n) is 1.66. The van der Waals surface area contributed by atoms with E-state index in [0.717, 1.165) is 0 Å². The van der Waals surface area contributed by atoms with Crippen molar-refractivity contribution >= 4 is 12.1 Å². The van der Waals surface area contributed by atoms with E-state index >= 15 is 0 Å². The van der Waals surface area contributed by atoms with Crippen molar-refractivity contribution in [2.24, 2.45) is 5.92 Å². The quantitative estimate of drug-likeness (QED) is 0.744. The largest absolute Gasteiger partial charge is 0.477 e. The Labute approximate surface area is 102 Å². The van der Waals surface area contributed by atoms with Crippen LogP contribution in [0.2, 0.25) is 0 Å². The monoisotopic (exact) mass is 243 g/mol. The summed E-state index contributed by atoms with van der Waals surface area (Å²) in [5, 5.41) is 11.1. The van der Waals surface area contributed by atoms with E-state index in [4.69, 9.17) is 9.84 Å². The van der Waals surface area contributed by atoms with E-state index in [0.29, 0.717) is 12.3 Å². The number of nitrogens with one attached hydrogen (secondary N) is 1. The van der Waals surface area contributed by atoms with Gasteiger partial charge in [0.15, 0.2) is 0 Å². The molecule has 0 saturated heterocycles. The highest BCUT2D eigenvalue weighted by Gasteiger charge is 2.19. The van der Waals surface area contributed by atoms with Crippen LogP contribution in [-0.4, -0.2) is 22.8 Å². The predicted molar refractivity (Wildman–Crippen MR) is 64.5 cm³/mol. The lowest BCUT2D eigenvalue weighted by Gasteiger charge is -2.19. The van der Waals surface area contributed by atoms with E-state index in [1.807, 2.05) is 13.8 Å². The molecule has 0 unspecified atom stereocenters. The maximum atomic E-state index is 11.4. The molecule has 1 amide bonds. The van der Waals surface area contributed by atoms with E-state index in [-0.39, 0.29) is 5.70 Å². The number of hydrogen-bond acceptors (Lipinski definition) is 3. The van der Waals surface area contributed by atoms with Gasteiger partial charge in [0.25, 0.3) is 0 Å². The predicted octanol–water partition coefficient (Wildman–Crippen LogP) is 2.53. The molecular weight excluding hydrogens is 222 g/mol. The molecule has 0 spiro atoms. The summed E-state index contributed by atoms with van der Waals surface area (Å²) in [6.07, 6.45) is 1.31. The SMILES string of the molecule is CC(C)CC=C(NC(=O)OC(C)(C)C)C(=O)O. The van der Waals surface area contributed by atoms with Crippen LogP contribution in [0.25, 0.3) is 0 Å². The lowest BCUT2D eigenvalue weighted by atomic mass is 10.1. The van der Waals surface area contributed by atoms with E-state index in [2.05, 4.69) is 5.32 Å². The first-order chi connectivity index (χ1) is 7.61. The van der Waals surface area contributed by atoms with Crippen LogP contribution in [0, 0.1) is 5.92 Å². The molecule has 0 fully saturated rings. The number of carboxylic acid groups (broad SMARTS) is 1. The van der Waals surface area contributed by atoms with Crippen LogP contribution >= 0.6 is 0 Å². The molecule has 0 atom stereocenters. The summed E-state index contributed by atoms with van der Waals surface area (Å²) >= 11 is 0. The van der Waals surface area contributed by atoms with Crippen molar-refractivity contribution in [1.82, 2.24) is 5.32 Å². The fourth-order valence-electron chi connectivity index (χ4n) is 0.959. The first kappa shape index (κ1) is 15.5. The number of carbonyl (C=O) groups is 2. The minimum atomic E-state index is -1.17. The van der Waals surface area contributed by atoms with Crippen LogP contribution in [0.1, 0.15) is 41.0 Å². The van der Waals surface area contributed by atoms with Gasteiger partial charge < -0.3 is 9.84 Å². The molecule has 0 heterocycles. The van der Waals surface area contributed by atoms with Gasteiger partial charge in [0.2, 0.25) is 0 Å². The Morgan fingerprint density at radius 2 is 1.88 bits per heavy atom. The zero-order valence-electron chi connectivity index (χ0n) is 11.0. The third kappa shape index (κ3) is 8.30.